The van der Waals surface area contributed by atoms with Crippen molar-refractivity contribution in [2.45, 2.75) is 13.0 Å². The van der Waals surface area contributed by atoms with E-state index in [0.29, 0.717) is 6.54 Å². The molecule has 0 saturated carbocycles. The number of nitrogens with one attached hydrogen (secondary N) is 1. The fourth-order valence-corrected chi connectivity index (χ4v) is 2.67. The Bertz CT molecular complexity index is 570. The Morgan fingerprint density at radius 3 is 3.22 bits per heavy atom. The molecule has 1 aromatic carbocycles. The van der Waals surface area contributed by atoms with Crippen LogP contribution in [0, 0.1) is 5.82 Å². The number of anilines is 2. The molecule has 2 heterocycles. The number of halogens is 1. The predicted octanol–water partition coefficient (Wildman–Crippen LogP) is 1.53. The van der Waals surface area contributed by atoms with E-state index in [0.717, 1.165) is 29.3 Å². The van der Waals surface area contributed by atoms with Gasteiger partial charge in [0.2, 0.25) is 0 Å². The fraction of sp³-hybridized carbons (Fsp3) is 0.273. The molecule has 94 valence electrons. The van der Waals surface area contributed by atoms with Crippen LogP contribution in [0.15, 0.2) is 18.2 Å². The van der Waals surface area contributed by atoms with Crippen LogP contribution in [0.4, 0.5) is 15.1 Å². The first-order valence-electron chi connectivity index (χ1n) is 5.59. The van der Waals surface area contributed by atoms with Gasteiger partial charge in [-0.2, -0.15) is 0 Å². The third-order valence-corrected chi connectivity index (χ3v) is 3.77. The molecule has 2 aromatic rings. The number of hydrazine groups is 1. The van der Waals surface area contributed by atoms with Gasteiger partial charge in [0.15, 0.2) is 0 Å². The number of fused-ring (bicyclic) bond motifs is 1. The van der Waals surface area contributed by atoms with Gasteiger partial charge in [0, 0.05) is 23.8 Å². The Morgan fingerprint density at radius 1 is 1.50 bits per heavy atom. The molecule has 0 spiro atoms. The van der Waals surface area contributed by atoms with Crippen LogP contribution in [0.5, 0.6) is 0 Å². The van der Waals surface area contributed by atoms with Crippen molar-refractivity contribution in [3.05, 3.63) is 35.3 Å². The van der Waals surface area contributed by atoms with Gasteiger partial charge in [0.05, 0.1) is 6.54 Å². The summed E-state index contributed by atoms with van der Waals surface area (Å²) < 4.78 is 17.1. The first-order valence-corrected chi connectivity index (χ1v) is 6.36. The summed E-state index contributed by atoms with van der Waals surface area (Å²) in [6.07, 6.45) is 0.929. The molecule has 0 unspecified atom stereocenters. The van der Waals surface area contributed by atoms with Crippen LogP contribution in [0.1, 0.15) is 11.3 Å². The lowest BCUT2D eigenvalue weighted by Crippen LogP contribution is -2.21. The summed E-state index contributed by atoms with van der Waals surface area (Å²) >= 11 is 1.22. The van der Waals surface area contributed by atoms with Crippen LogP contribution in [0.2, 0.25) is 0 Å². The van der Waals surface area contributed by atoms with Crippen LogP contribution >= 0.6 is 11.5 Å². The quantitative estimate of drug-likeness (QED) is 0.650. The molecular formula is C11H12FN5S. The largest absolute Gasteiger partial charge is 0.365 e. The lowest BCUT2D eigenvalue weighted by Gasteiger charge is -2.18. The molecule has 0 amide bonds. The predicted molar refractivity (Wildman–Crippen MR) is 68.9 cm³/mol. The summed E-state index contributed by atoms with van der Waals surface area (Å²) in [5.74, 6) is 5.18. The van der Waals surface area contributed by atoms with Crippen LogP contribution in [0.25, 0.3) is 0 Å². The normalized spacial score (nSPS) is 13.8. The van der Waals surface area contributed by atoms with Crippen molar-refractivity contribution < 1.29 is 4.39 Å². The lowest BCUT2D eigenvalue weighted by molar-refractivity contribution is 0.627. The first-order chi connectivity index (χ1) is 8.78. The van der Waals surface area contributed by atoms with E-state index < -0.39 is 0 Å². The monoisotopic (exact) mass is 265 g/mol. The van der Waals surface area contributed by atoms with E-state index in [1.54, 1.807) is 6.07 Å². The minimum absolute atomic E-state index is 0.214. The number of rotatable bonds is 3. The third kappa shape index (κ3) is 1.91. The molecule has 0 bridgehead atoms. The van der Waals surface area contributed by atoms with Crippen molar-refractivity contribution in [1.82, 2.24) is 9.59 Å². The molecular weight excluding hydrogens is 253 g/mol. The summed E-state index contributed by atoms with van der Waals surface area (Å²) in [6, 6.07) is 4.91. The second-order valence-electron chi connectivity index (χ2n) is 4.14. The Labute approximate surface area is 108 Å². The summed E-state index contributed by atoms with van der Waals surface area (Å²) in [6.45, 7) is 1.45. The Balaban J connectivity index is 1.86. The SMILES string of the molecule is NNc1snnc1CN1CCc2ccc(F)cc21. The van der Waals surface area contributed by atoms with Crippen molar-refractivity contribution in [2.75, 3.05) is 16.9 Å². The number of hydrogen-bond acceptors (Lipinski definition) is 6. The average Bonchev–Trinajstić information content (AvgIpc) is 2.97. The van der Waals surface area contributed by atoms with E-state index in [1.807, 2.05) is 6.07 Å². The number of benzene rings is 1. The van der Waals surface area contributed by atoms with Crippen LogP contribution in [0.3, 0.4) is 0 Å². The highest BCUT2D eigenvalue weighted by Crippen LogP contribution is 2.31. The number of aromatic nitrogens is 2. The maximum Gasteiger partial charge on any atom is 0.149 e. The number of nitrogen functional groups attached to an aromatic ring is 1. The summed E-state index contributed by atoms with van der Waals surface area (Å²) in [4.78, 5) is 2.09. The van der Waals surface area contributed by atoms with Crippen LogP contribution < -0.4 is 16.2 Å². The average molecular weight is 265 g/mol. The van der Waals surface area contributed by atoms with E-state index >= 15 is 0 Å². The summed E-state index contributed by atoms with van der Waals surface area (Å²) in [7, 11) is 0. The minimum atomic E-state index is -0.214. The highest BCUT2D eigenvalue weighted by molar-refractivity contribution is 7.10. The smallest absolute Gasteiger partial charge is 0.149 e. The maximum absolute atomic E-state index is 13.3. The second kappa shape index (κ2) is 4.51. The Morgan fingerprint density at radius 2 is 2.39 bits per heavy atom. The number of nitrogens with zero attached hydrogens (tertiary/aromatic N) is 3. The van der Waals surface area contributed by atoms with Crippen LogP contribution in [-0.2, 0) is 13.0 Å². The topological polar surface area (TPSA) is 67.1 Å². The standard InChI is InChI=1S/C11H12FN5S/c12-8-2-1-7-3-4-17(10(7)5-8)6-9-11(14-13)18-16-15-9/h1-2,5,14H,3-4,6,13H2. The summed E-state index contributed by atoms with van der Waals surface area (Å²) in [5, 5.41) is 4.79. The zero-order chi connectivity index (χ0) is 12.5. The zero-order valence-corrected chi connectivity index (χ0v) is 10.4. The molecule has 0 saturated heterocycles. The van der Waals surface area contributed by atoms with E-state index in [4.69, 9.17) is 5.84 Å². The minimum Gasteiger partial charge on any atom is -0.365 e. The molecule has 5 nitrogen and oxygen atoms in total. The molecule has 3 N–H and O–H groups in total. The summed E-state index contributed by atoms with van der Waals surface area (Å²) in [5.41, 5.74) is 5.47. The van der Waals surface area contributed by atoms with Gasteiger partial charge in [-0.25, -0.2) is 10.2 Å². The lowest BCUT2D eigenvalue weighted by atomic mass is 10.2. The van der Waals surface area contributed by atoms with Crippen LogP contribution in [-0.4, -0.2) is 16.1 Å². The first kappa shape index (κ1) is 11.4. The van der Waals surface area contributed by atoms with E-state index in [2.05, 4.69) is 19.9 Å². The van der Waals surface area contributed by atoms with Crippen molar-refractivity contribution in [3.63, 3.8) is 0 Å². The van der Waals surface area contributed by atoms with Crippen molar-refractivity contribution in [3.8, 4) is 0 Å². The van der Waals surface area contributed by atoms with Gasteiger partial charge in [-0.3, -0.25) is 0 Å². The van der Waals surface area contributed by atoms with E-state index in [9.17, 15) is 4.39 Å². The molecule has 0 atom stereocenters. The Hall–Kier alpha value is -1.73. The molecule has 0 aliphatic carbocycles. The fourth-order valence-electron chi connectivity index (χ4n) is 2.19. The van der Waals surface area contributed by atoms with Gasteiger partial charge >= 0.3 is 0 Å². The highest BCUT2D eigenvalue weighted by Gasteiger charge is 2.21. The molecule has 0 fully saturated rings. The van der Waals surface area contributed by atoms with Gasteiger partial charge < -0.3 is 10.3 Å². The van der Waals surface area contributed by atoms with Crippen molar-refractivity contribution in [2.24, 2.45) is 5.84 Å². The van der Waals surface area contributed by atoms with Gasteiger partial charge in [0.1, 0.15) is 16.5 Å². The second-order valence-corrected chi connectivity index (χ2v) is 4.89. The van der Waals surface area contributed by atoms with Gasteiger partial charge in [-0.1, -0.05) is 10.6 Å². The van der Waals surface area contributed by atoms with Gasteiger partial charge in [-0.15, -0.1) is 5.10 Å². The van der Waals surface area contributed by atoms with E-state index in [1.165, 1.54) is 23.2 Å². The molecule has 1 aromatic heterocycles. The van der Waals surface area contributed by atoms with Gasteiger partial charge in [0.25, 0.3) is 0 Å². The van der Waals surface area contributed by atoms with Gasteiger partial charge in [-0.05, 0) is 24.1 Å². The Kier molecular flexibility index (Phi) is 2.85. The molecule has 1 aliphatic rings. The number of nitrogens with two attached hydrogens (primary N) is 1. The molecule has 3 rings (SSSR count). The molecule has 7 heteroatoms. The van der Waals surface area contributed by atoms with Crippen molar-refractivity contribution in [1.29, 1.82) is 0 Å². The zero-order valence-electron chi connectivity index (χ0n) is 9.56. The molecule has 1 aliphatic heterocycles. The third-order valence-electron chi connectivity index (χ3n) is 3.07. The maximum atomic E-state index is 13.3. The molecule has 0 radical (unpaired) electrons. The molecule has 18 heavy (non-hydrogen) atoms. The van der Waals surface area contributed by atoms with E-state index in [-0.39, 0.29) is 5.82 Å². The highest BCUT2D eigenvalue weighted by atomic mass is 32.1. The number of hydrogen-bond donors (Lipinski definition) is 2. The van der Waals surface area contributed by atoms with Crippen molar-refractivity contribution >= 4 is 22.2 Å².